The molecule has 0 bridgehead atoms. The summed E-state index contributed by atoms with van der Waals surface area (Å²) in [5, 5.41) is 0. The average molecular weight is 152 g/mol. The van der Waals surface area contributed by atoms with E-state index in [1.54, 1.807) is 19.3 Å². The standard InChI is InChI=1S/C11H20/c1-8(2)10-7-6-9-4-3-5-11(9)10/h8-11H,3-7H2,1-2H3/t9-,10+,11-/m0/s1. The van der Waals surface area contributed by atoms with Gasteiger partial charge in [0.15, 0.2) is 0 Å². The first-order chi connectivity index (χ1) is 5.29. The lowest BCUT2D eigenvalue weighted by Crippen LogP contribution is -2.14. The molecule has 2 aliphatic carbocycles. The minimum atomic E-state index is 0.947. The van der Waals surface area contributed by atoms with Gasteiger partial charge in [-0.05, 0) is 42.9 Å². The highest BCUT2D eigenvalue weighted by atomic mass is 14.4. The summed E-state index contributed by atoms with van der Waals surface area (Å²) >= 11 is 0. The van der Waals surface area contributed by atoms with Crippen molar-refractivity contribution in [1.82, 2.24) is 0 Å². The van der Waals surface area contributed by atoms with Gasteiger partial charge in [0.1, 0.15) is 0 Å². The second-order valence-corrected chi connectivity index (χ2v) is 4.84. The topological polar surface area (TPSA) is 0 Å². The Morgan fingerprint density at radius 2 is 1.82 bits per heavy atom. The van der Waals surface area contributed by atoms with Gasteiger partial charge in [0, 0.05) is 0 Å². The lowest BCUT2D eigenvalue weighted by Gasteiger charge is -2.21. The Balaban J connectivity index is 2.03. The van der Waals surface area contributed by atoms with E-state index in [4.69, 9.17) is 0 Å². The third-order valence-corrected chi connectivity index (χ3v) is 3.99. The van der Waals surface area contributed by atoms with Gasteiger partial charge in [-0.25, -0.2) is 0 Å². The molecule has 2 fully saturated rings. The van der Waals surface area contributed by atoms with Crippen LogP contribution in [0.2, 0.25) is 0 Å². The van der Waals surface area contributed by atoms with Crippen LogP contribution in [0.5, 0.6) is 0 Å². The summed E-state index contributed by atoms with van der Waals surface area (Å²) in [5.74, 6) is 4.31. The van der Waals surface area contributed by atoms with E-state index in [-0.39, 0.29) is 0 Å². The van der Waals surface area contributed by atoms with E-state index in [0.29, 0.717) is 0 Å². The third-order valence-electron chi connectivity index (χ3n) is 3.99. The van der Waals surface area contributed by atoms with Crippen molar-refractivity contribution < 1.29 is 0 Å². The summed E-state index contributed by atoms with van der Waals surface area (Å²) in [6.45, 7) is 4.82. The normalized spacial score (nSPS) is 43.4. The van der Waals surface area contributed by atoms with Crippen LogP contribution in [0, 0.1) is 23.7 Å². The summed E-state index contributed by atoms with van der Waals surface area (Å²) in [5.41, 5.74) is 0. The molecule has 0 nitrogen and oxygen atoms in total. The minimum absolute atomic E-state index is 0.947. The molecular weight excluding hydrogens is 132 g/mol. The third kappa shape index (κ3) is 1.21. The molecule has 0 aromatic carbocycles. The molecule has 3 atom stereocenters. The molecule has 0 heterocycles. The SMILES string of the molecule is CC(C)[C@H]1CC[C@@H]2CCC[C@@H]21. The predicted molar refractivity (Wildman–Crippen MR) is 48.4 cm³/mol. The van der Waals surface area contributed by atoms with Gasteiger partial charge in [0.05, 0.1) is 0 Å². The van der Waals surface area contributed by atoms with E-state index in [9.17, 15) is 0 Å². The monoisotopic (exact) mass is 152 g/mol. The fourth-order valence-electron chi connectivity index (χ4n) is 3.44. The van der Waals surface area contributed by atoms with Crippen LogP contribution in [0.3, 0.4) is 0 Å². The van der Waals surface area contributed by atoms with Crippen molar-refractivity contribution in [3.05, 3.63) is 0 Å². The predicted octanol–water partition coefficient (Wildman–Crippen LogP) is 3.47. The van der Waals surface area contributed by atoms with Crippen molar-refractivity contribution in [2.24, 2.45) is 23.7 Å². The molecule has 0 radical (unpaired) electrons. The zero-order valence-corrected chi connectivity index (χ0v) is 7.84. The molecule has 0 saturated heterocycles. The lowest BCUT2D eigenvalue weighted by atomic mass is 9.84. The van der Waals surface area contributed by atoms with Crippen molar-refractivity contribution in [3.63, 3.8) is 0 Å². The molecule has 0 unspecified atom stereocenters. The smallest absolute Gasteiger partial charge is 0.0355 e. The largest absolute Gasteiger partial charge is 0.0625 e. The number of rotatable bonds is 1. The fraction of sp³-hybridized carbons (Fsp3) is 1.00. The first-order valence-electron chi connectivity index (χ1n) is 5.29. The first-order valence-corrected chi connectivity index (χ1v) is 5.29. The highest BCUT2D eigenvalue weighted by Crippen LogP contribution is 2.49. The number of hydrogen-bond donors (Lipinski definition) is 0. The van der Waals surface area contributed by atoms with Crippen LogP contribution >= 0.6 is 0 Å². The molecule has 2 saturated carbocycles. The highest BCUT2D eigenvalue weighted by molar-refractivity contribution is 4.90. The molecule has 0 spiro atoms. The maximum absolute atomic E-state index is 2.41. The molecule has 0 aromatic rings. The summed E-state index contributed by atoms with van der Waals surface area (Å²) < 4.78 is 0. The van der Waals surface area contributed by atoms with E-state index in [1.807, 2.05) is 0 Å². The van der Waals surface area contributed by atoms with Crippen molar-refractivity contribution in [3.8, 4) is 0 Å². The summed E-state index contributed by atoms with van der Waals surface area (Å²) in [7, 11) is 0. The highest BCUT2D eigenvalue weighted by Gasteiger charge is 2.39. The van der Waals surface area contributed by atoms with Crippen molar-refractivity contribution in [1.29, 1.82) is 0 Å². The second kappa shape index (κ2) is 2.80. The van der Waals surface area contributed by atoms with Gasteiger partial charge in [-0.2, -0.15) is 0 Å². The first kappa shape index (κ1) is 7.64. The summed E-state index contributed by atoms with van der Waals surface area (Å²) in [6.07, 6.45) is 7.71. The Hall–Kier alpha value is 0. The quantitative estimate of drug-likeness (QED) is 0.539. The molecule has 2 aliphatic rings. The Labute approximate surface area is 70.4 Å². The van der Waals surface area contributed by atoms with E-state index in [0.717, 1.165) is 23.7 Å². The van der Waals surface area contributed by atoms with Crippen LogP contribution in [0.4, 0.5) is 0 Å². The molecule has 64 valence electrons. The van der Waals surface area contributed by atoms with E-state index in [1.165, 1.54) is 12.8 Å². The van der Waals surface area contributed by atoms with Crippen LogP contribution in [0.25, 0.3) is 0 Å². The van der Waals surface area contributed by atoms with Gasteiger partial charge in [0.25, 0.3) is 0 Å². The zero-order valence-electron chi connectivity index (χ0n) is 7.84. The molecule has 2 rings (SSSR count). The number of hydrogen-bond acceptors (Lipinski definition) is 0. The van der Waals surface area contributed by atoms with Gasteiger partial charge >= 0.3 is 0 Å². The van der Waals surface area contributed by atoms with E-state index >= 15 is 0 Å². The van der Waals surface area contributed by atoms with Gasteiger partial charge < -0.3 is 0 Å². The maximum Gasteiger partial charge on any atom is -0.0355 e. The van der Waals surface area contributed by atoms with Crippen molar-refractivity contribution in [2.75, 3.05) is 0 Å². The molecule has 0 aromatic heterocycles. The number of fused-ring (bicyclic) bond motifs is 1. The minimum Gasteiger partial charge on any atom is -0.0625 e. The molecule has 0 N–H and O–H groups in total. The average Bonchev–Trinajstić information content (AvgIpc) is 2.41. The van der Waals surface area contributed by atoms with Crippen molar-refractivity contribution >= 4 is 0 Å². The Morgan fingerprint density at radius 1 is 1.00 bits per heavy atom. The zero-order chi connectivity index (χ0) is 7.84. The Kier molecular flexibility index (Phi) is 1.95. The van der Waals surface area contributed by atoms with E-state index in [2.05, 4.69) is 13.8 Å². The molecule has 0 aliphatic heterocycles. The van der Waals surface area contributed by atoms with Crippen LogP contribution in [-0.2, 0) is 0 Å². The Morgan fingerprint density at radius 3 is 2.55 bits per heavy atom. The van der Waals surface area contributed by atoms with Gasteiger partial charge in [-0.15, -0.1) is 0 Å². The van der Waals surface area contributed by atoms with Gasteiger partial charge in [-0.1, -0.05) is 26.7 Å². The molecule has 0 amide bonds. The van der Waals surface area contributed by atoms with Crippen LogP contribution in [0.15, 0.2) is 0 Å². The summed E-state index contributed by atoms with van der Waals surface area (Å²) in [6, 6.07) is 0. The molecular formula is C11H20. The van der Waals surface area contributed by atoms with E-state index < -0.39 is 0 Å². The van der Waals surface area contributed by atoms with Crippen LogP contribution in [0.1, 0.15) is 46.0 Å². The summed E-state index contributed by atoms with van der Waals surface area (Å²) in [4.78, 5) is 0. The van der Waals surface area contributed by atoms with Gasteiger partial charge in [-0.3, -0.25) is 0 Å². The lowest BCUT2D eigenvalue weighted by molar-refractivity contribution is 0.276. The fourth-order valence-corrected chi connectivity index (χ4v) is 3.44. The second-order valence-electron chi connectivity index (χ2n) is 4.84. The van der Waals surface area contributed by atoms with Crippen LogP contribution in [-0.4, -0.2) is 0 Å². The molecule has 11 heavy (non-hydrogen) atoms. The van der Waals surface area contributed by atoms with Crippen molar-refractivity contribution in [2.45, 2.75) is 46.0 Å². The maximum atomic E-state index is 2.41. The van der Waals surface area contributed by atoms with Gasteiger partial charge in [0.2, 0.25) is 0 Å². The van der Waals surface area contributed by atoms with Crippen LogP contribution < -0.4 is 0 Å². The molecule has 0 heteroatoms. The Bertz CT molecular complexity index is 137.